The van der Waals surface area contributed by atoms with E-state index >= 15 is 8.78 Å². The lowest BCUT2D eigenvalue weighted by molar-refractivity contribution is -0.123. The monoisotopic (exact) mass is 967 g/mol. The molecule has 4 heterocycles. The Balaban J connectivity index is 1.10. The zero-order chi connectivity index (χ0) is 47.5. The number of carbonyl (C=O) groups is 1. The van der Waals surface area contributed by atoms with Crippen LogP contribution in [-0.2, 0) is 46.2 Å². The Kier molecular flexibility index (Phi) is 10.6. The van der Waals surface area contributed by atoms with Crippen molar-refractivity contribution in [2.45, 2.75) is 105 Å². The number of rotatable bonds is 13. The molecule has 4 aliphatic carbocycles. The summed E-state index contributed by atoms with van der Waals surface area (Å²) in [5.41, 5.74) is -1.88. The molecule has 0 unspecified atom stereocenters. The number of aromatic nitrogens is 7. The van der Waals surface area contributed by atoms with Crippen LogP contribution in [0.1, 0.15) is 111 Å². The van der Waals surface area contributed by atoms with Gasteiger partial charge in [0.2, 0.25) is 11.8 Å². The van der Waals surface area contributed by atoms with Gasteiger partial charge >= 0.3 is 6.01 Å². The molecule has 3 atom stereocenters. The summed E-state index contributed by atoms with van der Waals surface area (Å²) in [5.74, 6) is -2.56. The van der Waals surface area contributed by atoms with Crippen LogP contribution in [0.15, 0.2) is 46.9 Å². The van der Waals surface area contributed by atoms with Crippen LogP contribution < -0.4 is 10.6 Å². The average molecular weight is 968 g/mol. The van der Waals surface area contributed by atoms with Crippen molar-refractivity contribution in [2.24, 2.45) is 13.0 Å². The van der Waals surface area contributed by atoms with E-state index in [1.807, 2.05) is 0 Å². The van der Waals surface area contributed by atoms with E-state index in [9.17, 15) is 35.9 Å². The fourth-order valence-corrected chi connectivity index (χ4v) is 11.2. The summed E-state index contributed by atoms with van der Waals surface area (Å²) in [6.45, 7) is 2.02. The van der Waals surface area contributed by atoms with E-state index in [1.165, 1.54) is 24.6 Å². The minimum absolute atomic E-state index is 0.0212. The summed E-state index contributed by atoms with van der Waals surface area (Å²) in [6.07, 6.45) is -1.26. The first-order chi connectivity index (χ1) is 31.6. The molecule has 3 fully saturated rings. The maximum atomic E-state index is 15.8. The van der Waals surface area contributed by atoms with Crippen molar-refractivity contribution in [3.05, 3.63) is 98.9 Å². The highest BCUT2D eigenvalue weighted by atomic mass is 35.5. The lowest BCUT2D eigenvalue weighted by atomic mass is 9.73. The standard InChI is InChI=1S/C45H40ClF6N9O5S/c1-43(2,67(64,65)25-5-6-25)13-12-24-4-7-26(27-9-11-30(46)34-37(27)60(3)59-40(34)55-42-57-56-41(66-42)44(63)14-15-44)35(53-24)31(18-21-16-22(47)19-23(48)17-21)54-32(62)20-61-38-33(36(58-61)39(49)50)28-8-10-29(28)45(38,51)52/h4,7,9,11,16-17,19,25,28-29,31,39,63H,5-6,8,10,14-15,18,20H2,1-3H3,(H,54,62)(H,55,57,59)/t28-,29+,31-/m0/s1. The van der Waals surface area contributed by atoms with E-state index in [4.69, 9.17) is 21.0 Å². The van der Waals surface area contributed by atoms with Gasteiger partial charge in [-0.05, 0) is 107 Å². The molecule has 1 amide bonds. The minimum Gasteiger partial charge on any atom is -0.405 e. The second kappa shape index (κ2) is 15.8. The third-order valence-electron chi connectivity index (χ3n) is 13.1. The third kappa shape index (κ3) is 7.79. The van der Waals surface area contributed by atoms with Crippen LogP contribution in [0, 0.1) is 29.4 Å². The summed E-state index contributed by atoms with van der Waals surface area (Å²) >= 11 is 6.83. The molecule has 3 saturated carbocycles. The van der Waals surface area contributed by atoms with E-state index < -0.39 is 91.1 Å². The molecule has 6 aromatic rings. The molecule has 0 aliphatic heterocycles. The largest absolute Gasteiger partial charge is 0.405 e. The normalized spacial score (nSPS) is 19.6. The number of pyridine rings is 1. The van der Waals surface area contributed by atoms with Crippen molar-refractivity contribution >= 4 is 50.1 Å². The molecule has 350 valence electrons. The Labute approximate surface area is 383 Å². The lowest BCUT2D eigenvalue weighted by Crippen LogP contribution is -2.36. The van der Waals surface area contributed by atoms with Crippen molar-refractivity contribution in [3.63, 3.8) is 0 Å². The van der Waals surface area contributed by atoms with Gasteiger partial charge in [-0.3, -0.25) is 19.5 Å². The first kappa shape index (κ1) is 44.8. The SMILES string of the molecule is Cn1nc(Nc2nnc(C3(O)CC3)o2)c2c(Cl)ccc(-c3ccc(C#CC(C)(C)S(=O)(=O)C4CC4)nc3[C@H](Cc3cc(F)cc(F)c3)NC(=O)Cn3nc(C(F)F)c4c3C(F)(F)[C@@H]3CC[C@H]43)c21. The van der Waals surface area contributed by atoms with Crippen LogP contribution in [0.2, 0.25) is 5.02 Å². The number of alkyl halides is 4. The number of benzene rings is 2. The van der Waals surface area contributed by atoms with E-state index in [0.29, 0.717) is 52.9 Å². The van der Waals surface area contributed by atoms with E-state index in [2.05, 4.69) is 42.9 Å². The second-order valence-electron chi connectivity index (χ2n) is 18.1. The zero-order valence-electron chi connectivity index (χ0n) is 35.8. The van der Waals surface area contributed by atoms with Crippen LogP contribution >= 0.6 is 11.6 Å². The van der Waals surface area contributed by atoms with Crippen molar-refractivity contribution in [1.29, 1.82) is 0 Å². The van der Waals surface area contributed by atoms with Crippen LogP contribution in [-0.4, -0.2) is 64.2 Å². The average Bonchev–Trinajstić information content (AvgIpc) is 4.09. The Morgan fingerprint density at radius 2 is 1.73 bits per heavy atom. The number of aliphatic hydroxyl groups is 1. The Morgan fingerprint density at radius 3 is 2.39 bits per heavy atom. The summed E-state index contributed by atoms with van der Waals surface area (Å²) in [4.78, 5) is 19.1. The quantitative estimate of drug-likeness (QED) is 0.0749. The fourth-order valence-electron chi connectivity index (χ4n) is 9.20. The first-order valence-corrected chi connectivity index (χ1v) is 23.4. The molecule has 22 heteroatoms. The first-order valence-electron chi connectivity index (χ1n) is 21.4. The Hall–Kier alpha value is -5.98. The van der Waals surface area contributed by atoms with Gasteiger partial charge in [-0.15, -0.1) is 5.10 Å². The molecular weight excluding hydrogens is 928 g/mol. The molecule has 0 saturated heterocycles. The molecule has 0 spiro atoms. The minimum atomic E-state index is -3.68. The second-order valence-corrected chi connectivity index (χ2v) is 21.3. The molecule has 67 heavy (non-hydrogen) atoms. The molecule has 4 aliphatic rings. The third-order valence-corrected chi connectivity index (χ3v) is 16.3. The van der Waals surface area contributed by atoms with Crippen LogP contribution in [0.3, 0.4) is 0 Å². The van der Waals surface area contributed by atoms with Crippen LogP contribution in [0.5, 0.6) is 0 Å². The number of nitrogens with zero attached hydrogens (tertiary/aromatic N) is 7. The maximum absolute atomic E-state index is 15.8. The molecule has 0 radical (unpaired) electrons. The van der Waals surface area contributed by atoms with Gasteiger partial charge in [0.1, 0.15) is 45.6 Å². The van der Waals surface area contributed by atoms with E-state index in [0.717, 1.165) is 12.1 Å². The van der Waals surface area contributed by atoms with Crippen LogP contribution in [0.4, 0.5) is 38.2 Å². The van der Waals surface area contributed by atoms with Gasteiger partial charge in [0.05, 0.1) is 32.9 Å². The number of aryl methyl sites for hydroxylation is 1. The number of fused-ring (bicyclic) bond motifs is 4. The Morgan fingerprint density at radius 1 is 1.01 bits per heavy atom. The fraction of sp³-hybridized carbons (Fsp3) is 0.422. The molecular formula is C45H40ClF6N9O5S. The van der Waals surface area contributed by atoms with Gasteiger partial charge in [0.15, 0.2) is 15.7 Å². The smallest absolute Gasteiger partial charge is 0.321 e. The lowest BCUT2D eigenvalue weighted by Gasteiger charge is -2.34. The molecule has 14 nitrogen and oxygen atoms in total. The van der Waals surface area contributed by atoms with Gasteiger partial charge in [-0.2, -0.15) is 19.0 Å². The number of anilines is 2. The molecule has 3 N–H and O–H groups in total. The summed E-state index contributed by atoms with van der Waals surface area (Å²) in [5, 5.41) is 32.6. The van der Waals surface area contributed by atoms with Crippen LogP contribution in [0.25, 0.3) is 22.0 Å². The highest BCUT2D eigenvalue weighted by Gasteiger charge is 2.62. The summed E-state index contributed by atoms with van der Waals surface area (Å²) < 4.78 is 123. The molecule has 0 bridgehead atoms. The number of hydrogen-bond acceptors (Lipinski definition) is 11. The van der Waals surface area contributed by atoms with Gasteiger partial charge < -0.3 is 14.8 Å². The van der Waals surface area contributed by atoms with Gasteiger partial charge in [0, 0.05) is 35.7 Å². The highest BCUT2D eigenvalue weighted by Crippen LogP contribution is 2.63. The predicted octanol–water partition coefficient (Wildman–Crippen LogP) is 8.22. The Bertz CT molecular complexity index is 3190. The van der Waals surface area contributed by atoms with Crippen molar-refractivity contribution in [2.75, 3.05) is 5.32 Å². The van der Waals surface area contributed by atoms with Gasteiger partial charge in [0.25, 0.3) is 12.3 Å². The van der Waals surface area contributed by atoms with Gasteiger partial charge in [-0.25, -0.2) is 31.0 Å². The number of hydrogen-bond donors (Lipinski definition) is 3. The molecule has 10 rings (SSSR count). The topological polar surface area (TPSA) is 183 Å². The van der Waals surface area contributed by atoms with Crippen molar-refractivity contribution in [1.82, 2.24) is 40.1 Å². The number of amides is 1. The van der Waals surface area contributed by atoms with Gasteiger partial charge in [-0.1, -0.05) is 28.7 Å². The number of carbonyl (C=O) groups excluding carboxylic acids is 1. The predicted molar refractivity (Wildman–Crippen MR) is 230 cm³/mol. The highest BCUT2D eigenvalue weighted by molar-refractivity contribution is 7.93. The summed E-state index contributed by atoms with van der Waals surface area (Å²) in [7, 11) is -2.06. The van der Waals surface area contributed by atoms with E-state index in [-0.39, 0.29) is 70.1 Å². The molecule has 2 aromatic carbocycles. The zero-order valence-corrected chi connectivity index (χ0v) is 37.4. The molecule has 4 aromatic heterocycles. The summed E-state index contributed by atoms with van der Waals surface area (Å²) in [6, 6.07) is 7.58. The maximum Gasteiger partial charge on any atom is 0.321 e. The van der Waals surface area contributed by atoms with Crippen molar-refractivity contribution < 1.29 is 49.1 Å². The number of halogens is 7. The van der Waals surface area contributed by atoms with E-state index in [1.54, 1.807) is 25.2 Å². The van der Waals surface area contributed by atoms with Crippen molar-refractivity contribution in [3.8, 4) is 23.0 Å². The number of sulfone groups is 1. The number of nitrogens with one attached hydrogen (secondary N) is 2.